The number of fused-ring (bicyclic) bond motifs is 1. The molecule has 1 fully saturated rings. The number of hydrogen-bond donors (Lipinski definition) is 2. The van der Waals surface area contributed by atoms with Crippen LogP contribution in [-0.4, -0.2) is 68.1 Å². The summed E-state index contributed by atoms with van der Waals surface area (Å²) in [7, 11) is 0. The van der Waals surface area contributed by atoms with Crippen LogP contribution in [0.25, 0.3) is 16.9 Å². The Bertz CT molecular complexity index is 1900. The van der Waals surface area contributed by atoms with E-state index in [2.05, 4.69) is 36.4 Å². The lowest BCUT2D eigenvalue weighted by Gasteiger charge is -2.34. The topological polar surface area (TPSA) is 112 Å². The highest BCUT2D eigenvalue weighted by Gasteiger charge is 2.23. The van der Waals surface area contributed by atoms with Crippen LogP contribution in [0.15, 0.2) is 91.4 Å². The molecule has 10 nitrogen and oxygen atoms in total. The Morgan fingerprint density at radius 1 is 0.804 bits per heavy atom. The van der Waals surface area contributed by atoms with Crippen LogP contribution in [0.2, 0.25) is 0 Å². The molecule has 3 amide bonds. The minimum Gasteiger partial charge on any atom is -0.339 e. The lowest BCUT2D eigenvalue weighted by Crippen LogP contribution is -2.50. The van der Waals surface area contributed by atoms with Gasteiger partial charge in [-0.25, -0.2) is 9.97 Å². The highest BCUT2D eigenvalue weighted by atomic mass is 16.2. The van der Waals surface area contributed by atoms with Crippen LogP contribution in [0, 0.1) is 0 Å². The van der Waals surface area contributed by atoms with Crippen molar-refractivity contribution in [2.24, 2.45) is 0 Å². The minimum atomic E-state index is -0.182. The van der Waals surface area contributed by atoms with E-state index in [4.69, 9.17) is 4.98 Å². The molecule has 46 heavy (non-hydrogen) atoms. The quantitative estimate of drug-likeness (QED) is 0.243. The predicted molar refractivity (Wildman–Crippen MR) is 179 cm³/mol. The summed E-state index contributed by atoms with van der Waals surface area (Å²) >= 11 is 0. The average Bonchev–Trinajstić information content (AvgIpc) is 3.54. The zero-order valence-electron chi connectivity index (χ0n) is 26.4. The third-order valence-electron chi connectivity index (χ3n) is 8.21. The number of carbonyl (C=O) groups is 3. The zero-order valence-corrected chi connectivity index (χ0v) is 26.4. The molecule has 0 bridgehead atoms. The van der Waals surface area contributed by atoms with E-state index in [0.717, 1.165) is 11.3 Å². The van der Waals surface area contributed by atoms with Gasteiger partial charge in [0, 0.05) is 79.8 Å². The highest BCUT2D eigenvalue weighted by molar-refractivity contribution is 6.04. The Labute approximate surface area is 268 Å². The molecule has 0 spiro atoms. The largest absolute Gasteiger partial charge is 0.339 e. The molecule has 2 aromatic heterocycles. The van der Waals surface area contributed by atoms with Crippen LogP contribution in [0.1, 0.15) is 54.0 Å². The maximum absolute atomic E-state index is 13.1. The number of hydrogen-bond acceptors (Lipinski definition) is 6. The van der Waals surface area contributed by atoms with E-state index in [1.807, 2.05) is 77.5 Å². The van der Waals surface area contributed by atoms with E-state index in [0.29, 0.717) is 60.2 Å². The molecule has 6 rings (SSSR count). The van der Waals surface area contributed by atoms with Gasteiger partial charge in [-0.2, -0.15) is 0 Å². The van der Waals surface area contributed by atoms with Gasteiger partial charge in [0.1, 0.15) is 0 Å². The number of benzene rings is 3. The van der Waals surface area contributed by atoms with E-state index < -0.39 is 0 Å². The van der Waals surface area contributed by atoms with E-state index >= 15 is 0 Å². The van der Waals surface area contributed by atoms with E-state index in [1.54, 1.807) is 35.1 Å². The second kappa shape index (κ2) is 12.5. The number of amides is 3. The molecule has 0 aliphatic carbocycles. The fourth-order valence-electron chi connectivity index (χ4n) is 5.48. The van der Waals surface area contributed by atoms with Crippen molar-refractivity contribution in [2.75, 3.05) is 36.8 Å². The van der Waals surface area contributed by atoms with Gasteiger partial charge in [-0.05, 0) is 59.5 Å². The summed E-state index contributed by atoms with van der Waals surface area (Å²) in [6, 6.07) is 22.5. The molecule has 234 valence electrons. The summed E-state index contributed by atoms with van der Waals surface area (Å²) in [6.07, 6.45) is 5.46. The molecule has 10 heteroatoms. The average molecular weight is 616 g/mol. The molecule has 1 aliphatic heterocycles. The number of nitrogens with one attached hydrogen (secondary N) is 2. The number of piperazine rings is 1. The standard InChI is InChI=1S/C36H37N7O3/c1-24(44)41-18-20-42(21-19-41)35(46)26-10-14-29(15-11-26)38-32-33-37-16-17-43(33)23-31(40-32)27-6-5-7-30(22-27)39-34(45)25-8-12-28(13-9-25)36(2,3)4/h5-17,22-23H,18-21H2,1-4H3,(H,38,40)(H,39,45). The van der Waals surface area contributed by atoms with Crippen molar-refractivity contribution >= 4 is 40.6 Å². The predicted octanol–water partition coefficient (Wildman–Crippen LogP) is 5.99. The third-order valence-corrected chi connectivity index (χ3v) is 8.21. The van der Waals surface area contributed by atoms with E-state index in [1.165, 1.54) is 5.56 Å². The smallest absolute Gasteiger partial charge is 0.255 e. The fraction of sp³-hybridized carbons (Fsp3) is 0.250. The molecule has 2 N–H and O–H groups in total. The molecule has 0 saturated carbocycles. The van der Waals surface area contributed by atoms with Gasteiger partial charge in [0.2, 0.25) is 5.91 Å². The van der Waals surface area contributed by atoms with Crippen molar-refractivity contribution in [3.8, 4) is 11.3 Å². The van der Waals surface area contributed by atoms with Crippen molar-refractivity contribution in [3.05, 3.63) is 108 Å². The van der Waals surface area contributed by atoms with E-state index in [-0.39, 0.29) is 23.1 Å². The normalized spacial score (nSPS) is 13.5. The molecule has 3 aromatic carbocycles. The molecule has 5 aromatic rings. The molecule has 0 atom stereocenters. The van der Waals surface area contributed by atoms with Crippen LogP contribution >= 0.6 is 0 Å². The molecule has 1 aliphatic rings. The van der Waals surface area contributed by atoms with Gasteiger partial charge < -0.3 is 24.8 Å². The molecule has 3 heterocycles. The Balaban J connectivity index is 1.18. The van der Waals surface area contributed by atoms with Gasteiger partial charge in [-0.15, -0.1) is 0 Å². The van der Waals surface area contributed by atoms with Crippen LogP contribution in [-0.2, 0) is 10.2 Å². The molecule has 0 radical (unpaired) electrons. The fourth-order valence-corrected chi connectivity index (χ4v) is 5.48. The summed E-state index contributed by atoms with van der Waals surface area (Å²) in [5, 5.41) is 6.37. The molecule has 1 saturated heterocycles. The number of aromatic nitrogens is 3. The number of rotatable bonds is 6. The number of anilines is 3. The first-order chi connectivity index (χ1) is 22.0. The second-order valence-corrected chi connectivity index (χ2v) is 12.5. The maximum Gasteiger partial charge on any atom is 0.255 e. The van der Waals surface area contributed by atoms with E-state index in [9.17, 15) is 14.4 Å². The van der Waals surface area contributed by atoms with Crippen molar-refractivity contribution < 1.29 is 14.4 Å². The Morgan fingerprint density at radius 2 is 1.48 bits per heavy atom. The number of imidazole rings is 1. The monoisotopic (exact) mass is 615 g/mol. The lowest BCUT2D eigenvalue weighted by atomic mass is 9.87. The summed E-state index contributed by atoms with van der Waals surface area (Å²) < 4.78 is 1.89. The van der Waals surface area contributed by atoms with Gasteiger partial charge in [0.25, 0.3) is 11.8 Å². The van der Waals surface area contributed by atoms with Crippen LogP contribution in [0.3, 0.4) is 0 Å². The molecule has 0 unspecified atom stereocenters. The SMILES string of the molecule is CC(=O)N1CCN(C(=O)c2ccc(Nc3nc(-c4cccc(NC(=O)c5ccc(C(C)(C)C)cc5)c4)cn4ccnc34)cc2)CC1. The van der Waals surface area contributed by atoms with Gasteiger partial charge in [-0.1, -0.05) is 45.0 Å². The van der Waals surface area contributed by atoms with Crippen LogP contribution in [0.5, 0.6) is 0 Å². The minimum absolute atomic E-state index is 0.0115. The van der Waals surface area contributed by atoms with Crippen molar-refractivity contribution in [2.45, 2.75) is 33.1 Å². The molecular formula is C36H37N7O3. The van der Waals surface area contributed by atoms with Crippen molar-refractivity contribution in [1.82, 2.24) is 24.2 Å². The highest BCUT2D eigenvalue weighted by Crippen LogP contribution is 2.27. The van der Waals surface area contributed by atoms with Gasteiger partial charge in [0.05, 0.1) is 5.69 Å². The summed E-state index contributed by atoms with van der Waals surface area (Å²) in [5.41, 5.74) is 5.93. The number of carbonyl (C=O) groups excluding carboxylic acids is 3. The summed E-state index contributed by atoms with van der Waals surface area (Å²) in [5.74, 6) is 0.344. The number of nitrogens with zero attached hydrogens (tertiary/aromatic N) is 5. The van der Waals surface area contributed by atoms with Gasteiger partial charge >= 0.3 is 0 Å². The maximum atomic E-state index is 13.1. The van der Waals surface area contributed by atoms with Crippen LogP contribution in [0.4, 0.5) is 17.2 Å². The Hall–Kier alpha value is -5.51. The lowest BCUT2D eigenvalue weighted by molar-refractivity contribution is -0.130. The van der Waals surface area contributed by atoms with Crippen molar-refractivity contribution in [3.63, 3.8) is 0 Å². The first kappa shape index (κ1) is 30.5. The second-order valence-electron chi connectivity index (χ2n) is 12.5. The van der Waals surface area contributed by atoms with Crippen molar-refractivity contribution in [1.29, 1.82) is 0 Å². The summed E-state index contributed by atoms with van der Waals surface area (Å²) in [6.45, 7) is 10.1. The Morgan fingerprint density at radius 3 is 2.15 bits per heavy atom. The van der Waals surface area contributed by atoms with Gasteiger partial charge in [0.15, 0.2) is 11.5 Å². The third kappa shape index (κ3) is 6.61. The zero-order chi connectivity index (χ0) is 32.4. The summed E-state index contributed by atoms with van der Waals surface area (Å²) in [4.78, 5) is 50.6. The van der Waals surface area contributed by atoms with Crippen LogP contribution < -0.4 is 10.6 Å². The first-order valence-electron chi connectivity index (χ1n) is 15.3. The first-order valence-corrected chi connectivity index (χ1v) is 15.3. The van der Waals surface area contributed by atoms with Gasteiger partial charge in [-0.3, -0.25) is 14.4 Å². The Kier molecular flexibility index (Phi) is 8.27. The molecular weight excluding hydrogens is 578 g/mol.